The van der Waals surface area contributed by atoms with Gasteiger partial charge < -0.3 is 25.1 Å². The molecule has 0 saturated carbocycles. The summed E-state index contributed by atoms with van der Waals surface area (Å²) in [4.78, 5) is 8.12. The molecule has 1 atom stereocenters. The molecule has 0 radical (unpaired) electrons. The Morgan fingerprint density at radius 1 is 1.27 bits per heavy atom. The van der Waals surface area contributed by atoms with Gasteiger partial charge in [-0.1, -0.05) is 25.1 Å². The molecule has 0 bridgehead atoms. The van der Waals surface area contributed by atoms with Crippen molar-refractivity contribution in [3.8, 4) is 0 Å². The Morgan fingerprint density at radius 2 is 2.17 bits per heavy atom. The van der Waals surface area contributed by atoms with Gasteiger partial charge in [-0.3, -0.25) is 4.99 Å². The lowest BCUT2D eigenvalue weighted by Crippen LogP contribution is -2.38. The maximum absolute atomic E-state index is 5.76. The van der Waals surface area contributed by atoms with Crippen LogP contribution in [0.15, 0.2) is 29.4 Å². The van der Waals surface area contributed by atoms with Gasteiger partial charge in [-0.2, -0.15) is 0 Å². The zero-order chi connectivity index (χ0) is 20.3. The minimum absolute atomic E-state index is 0. The molecule has 1 saturated heterocycles. The summed E-state index contributed by atoms with van der Waals surface area (Å²) in [6, 6.07) is 6.55. The Bertz CT molecular complexity index is 772. The van der Waals surface area contributed by atoms with Crippen LogP contribution in [0.1, 0.15) is 37.8 Å². The molecule has 1 aromatic heterocycles. The average molecular weight is 528 g/mol. The van der Waals surface area contributed by atoms with Gasteiger partial charge >= 0.3 is 0 Å². The predicted molar refractivity (Wildman–Crippen MR) is 135 cm³/mol. The standard InChI is InChI=1S/C23H36N4O2.HI/c1-3-19-7-5-8-21-20(15-27-22(19)21)9-12-26-23(24-4-2)25-11-6-13-28-16-18-10-14-29-17-18;/h5,7-8,15,18,27H,3-4,6,9-14,16-17H2,1-2H3,(H2,24,25,26);1H. The van der Waals surface area contributed by atoms with Crippen molar-refractivity contribution < 1.29 is 9.47 Å². The van der Waals surface area contributed by atoms with Gasteiger partial charge in [0.05, 0.1) is 13.2 Å². The summed E-state index contributed by atoms with van der Waals surface area (Å²) in [6.07, 6.45) is 6.21. The molecule has 1 aliphatic heterocycles. The number of guanidine groups is 1. The van der Waals surface area contributed by atoms with Gasteiger partial charge in [0, 0.05) is 55.9 Å². The number of benzene rings is 1. The molecule has 7 heteroatoms. The van der Waals surface area contributed by atoms with Crippen LogP contribution < -0.4 is 10.6 Å². The third kappa shape index (κ3) is 7.42. The number of halogens is 1. The Labute approximate surface area is 197 Å². The van der Waals surface area contributed by atoms with Crippen molar-refractivity contribution in [3.63, 3.8) is 0 Å². The normalized spacial score (nSPS) is 16.6. The molecule has 3 rings (SSSR count). The second-order valence-electron chi connectivity index (χ2n) is 7.60. The molecule has 1 unspecified atom stereocenters. The van der Waals surface area contributed by atoms with Crippen LogP contribution in [0.5, 0.6) is 0 Å². The highest BCUT2D eigenvalue weighted by Gasteiger charge is 2.15. The number of H-pyrrole nitrogens is 1. The summed E-state index contributed by atoms with van der Waals surface area (Å²) in [7, 11) is 0. The van der Waals surface area contributed by atoms with E-state index in [2.05, 4.69) is 58.9 Å². The van der Waals surface area contributed by atoms with E-state index in [0.717, 1.165) is 77.7 Å². The van der Waals surface area contributed by atoms with Crippen molar-refractivity contribution in [2.24, 2.45) is 10.9 Å². The first-order chi connectivity index (χ1) is 14.3. The highest BCUT2D eigenvalue weighted by Crippen LogP contribution is 2.22. The highest BCUT2D eigenvalue weighted by molar-refractivity contribution is 14.0. The van der Waals surface area contributed by atoms with Crippen LogP contribution in [0.4, 0.5) is 0 Å². The molecular weight excluding hydrogens is 491 g/mol. The Hall–Kier alpha value is -1.32. The van der Waals surface area contributed by atoms with Crippen LogP contribution in [0.2, 0.25) is 0 Å². The lowest BCUT2D eigenvalue weighted by molar-refractivity contribution is 0.0893. The fourth-order valence-electron chi connectivity index (χ4n) is 3.76. The van der Waals surface area contributed by atoms with E-state index >= 15 is 0 Å². The summed E-state index contributed by atoms with van der Waals surface area (Å²) in [5.41, 5.74) is 4.00. The molecule has 0 aliphatic carbocycles. The van der Waals surface area contributed by atoms with Crippen LogP contribution >= 0.6 is 24.0 Å². The topological polar surface area (TPSA) is 70.7 Å². The first-order valence-electron chi connectivity index (χ1n) is 11.1. The molecule has 2 heterocycles. The van der Waals surface area contributed by atoms with Gasteiger partial charge in [0.1, 0.15) is 0 Å². The molecule has 6 nitrogen and oxygen atoms in total. The molecule has 0 amide bonds. The number of aryl methyl sites for hydroxylation is 1. The van der Waals surface area contributed by atoms with E-state index in [9.17, 15) is 0 Å². The van der Waals surface area contributed by atoms with Crippen LogP contribution in [-0.2, 0) is 22.3 Å². The van der Waals surface area contributed by atoms with Gasteiger partial charge in [-0.05, 0) is 43.7 Å². The SMILES string of the molecule is CCNC(=NCCCOCC1CCOC1)NCCc1c[nH]c2c(CC)cccc12.I. The van der Waals surface area contributed by atoms with E-state index in [1.165, 1.54) is 22.0 Å². The summed E-state index contributed by atoms with van der Waals surface area (Å²) in [5.74, 6) is 1.46. The number of fused-ring (bicyclic) bond motifs is 1. The largest absolute Gasteiger partial charge is 0.381 e. The number of hydrogen-bond donors (Lipinski definition) is 3. The van der Waals surface area contributed by atoms with Gasteiger partial charge in [0.2, 0.25) is 0 Å². The Morgan fingerprint density at radius 3 is 2.93 bits per heavy atom. The molecule has 30 heavy (non-hydrogen) atoms. The summed E-state index contributed by atoms with van der Waals surface area (Å²) in [6.45, 7) is 10.1. The number of aliphatic imine (C=N–C) groups is 1. The zero-order valence-electron chi connectivity index (χ0n) is 18.3. The maximum atomic E-state index is 5.76. The second-order valence-corrected chi connectivity index (χ2v) is 7.60. The van der Waals surface area contributed by atoms with Crippen molar-refractivity contribution in [1.82, 2.24) is 15.6 Å². The maximum Gasteiger partial charge on any atom is 0.191 e. The van der Waals surface area contributed by atoms with Gasteiger partial charge in [0.15, 0.2) is 5.96 Å². The third-order valence-corrected chi connectivity index (χ3v) is 5.39. The monoisotopic (exact) mass is 528 g/mol. The fourth-order valence-corrected chi connectivity index (χ4v) is 3.76. The van der Waals surface area contributed by atoms with Crippen LogP contribution in [0, 0.1) is 5.92 Å². The van der Waals surface area contributed by atoms with E-state index in [4.69, 9.17) is 9.47 Å². The number of rotatable bonds is 11. The van der Waals surface area contributed by atoms with Crippen molar-refractivity contribution in [2.75, 3.05) is 46.1 Å². The van der Waals surface area contributed by atoms with Crippen LogP contribution in [0.3, 0.4) is 0 Å². The van der Waals surface area contributed by atoms with Gasteiger partial charge in [-0.15, -0.1) is 24.0 Å². The molecule has 1 aromatic carbocycles. The smallest absolute Gasteiger partial charge is 0.191 e. The van der Waals surface area contributed by atoms with E-state index in [1.54, 1.807) is 0 Å². The summed E-state index contributed by atoms with van der Waals surface area (Å²) < 4.78 is 11.1. The van der Waals surface area contributed by atoms with Crippen molar-refractivity contribution in [3.05, 3.63) is 35.5 Å². The first-order valence-corrected chi connectivity index (χ1v) is 11.1. The van der Waals surface area contributed by atoms with Crippen LogP contribution in [0.25, 0.3) is 10.9 Å². The number of aromatic nitrogens is 1. The summed E-state index contributed by atoms with van der Waals surface area (Å²) in [5, 5.41) is 8.11. The number of nitrogens with zero attached hydrogens (tertiary/aromatic N) is 1. The molecule has 3 N–H and O–H groups in total. The summed E-state index contributed by atoms with van der Waals surface area (Å²) >= 11 is 0. The fraction of sp³-hybridized carbons (Fsp3) is 0.609. The first kappa shape index (κ1) is 24.9. The third-order valence-electron chi connectivity index (χ3n) is 5.39. The van der Waals surface area contributed by atoms with E-state index < -0.39 is 0 Å². The Balaban J connectivity index is 0.00000320. The van der Waals surface area contributed by atoms with Gasteiger partial charge in [0.25, 0.3) is 0 Å². The molecule has 0 spiro atoms. The number of aromatic amines is 1. The van der Waals surface area contributed by atoms with E-state index in [1.807, 2.05) is 0 Å². The second kappa shape index (κ2) is 13.9. The van der Waals surface area contributed by atoms with E-state index in [-0.39, 0.29) is 24.0 Å². The molecule has 2 aromatic rings. The minimum Gasteiger partial charge on any atom is -0.381 e. The van der Waals surface area contributed by atoms with Crippen molar-refractivity contribution in [1.29, 1.82) is 0 Å². The molecule has 1 fully saturated rings. The van der Waals surface area contributed by atoms with Crippen molar-refractivity contribution in [2.45, 2.75) is 39.5 Å². The predicted octanol–water partition coefficient (Wildman–Crippen LogP) is 3.89. The van der Waals surface area contributed by atoms with Gasteiger partial charge in [-0.25, -0.2) is 0 Å². The van der Waals surface area contributed by atoms with E-state index in [0.29, 0.717) is 5.92 Å². The van der Waals surface area contributed by atoms with Crippen LogP contribution in [-0.4, -0.2) is 57.0 Å². The number of ether oxygens (including phenoxy) is 2. The lowest BCUT2D eigenvalue weighted by Gasteiger charge is -2.11. The molecular formula is C23H37IN4O2. The van der Waals surface area contributed by atoms with Crippen molar-refractivity contribution >= 4 is 40.8 Å². The highest BCUT2D eigenvalue weighted by atomic mass is 127. The number of para-hydroxylation sites is 1. The number of hydrogen-bond acceptors (Lipinski definition) is 3. The molecule has 1 aliphatic rings. The molecule has 168 valence electrons. The minimum atomic E-state index is 0. The average Bonchev–Trinajstić information content (AvgIpc) is 3.40. The number of nitrogens with one attached hydrogen (secondary N) is 3. The zero-order valence-corrected chi connectivity index (χ0v) is 20.7. The Kier molecular flexibility index (Phi) is 11.5. The lowest BCUT2D eigenvalue weighted by atomic mass is 10.1. The quantitative estimate of drug-likeness (QED) is 0.179.